The van der Waals surface area contributed by atoms with Crippen LogP contribution in [-0.4, -0.2) is 30.7 Å². The lowest BCUT2D eigenvalue weighted by Gasteiger charge is -2.11. The third-order valence-corrected chi connectivity index (χ3v) is 12.1. The van der Waals surface area contributed by atoms with Gasteiger partial charge in [0.25, 0.3) is 0 Å². The van der Waals surface area contributed by atoms with Crippen molar-refractivity contribution in [3.05, 3.63) is 228 Å². The van der Waals surface area contributed by atoms with E-state index in [1.54, 1.807) is 12.4 Å². The maximum Gasteiger partial charge on any atom is 0.193 e. The summed E-state index contributed by atoms with van der Waals surface area (Å²) in [6.07, 6.45) is 3.33. The maximum absolute atomic E-state index is 13.8. The van der Waals surface area contributed by atoms with E-state index >= 15 is 0 Å². The van der Waals surface area contributed by atoms with Crippen molar-refractivity contribution in [1.82, 2.24) is 19.1 Å². The van der Waals surface area contributed by atoms with Crippen molar-refractivity contribution in [1.29, 1.82) is 0 Å². The Balaban J connectivity index is 0.824. The van der Waals surface area contributed by atoms with Crippen molar-refractivity contribution >= 4 is 55.2 Å². The normalized spacial score (nSPS) is 11.5. The average molecular weight is 799 g/mol. The molecule has 8 aromatic carbocycles. The van der Waals surface area contributed by atoms with Crippen molar-refractivity contribution in [2.75, 3.05) is 0 Å². The molecule has 6 nitrogen and oxygen atoms in total. The average Bonchev–Trinajstić information content (AvgIpc) is 3.86. The summed E-state index contributed by atoms with van der Waals surface area (Å²) >= 11 is 0. The number of aryl methyl sites for hydroxylation is 2. The molecule has 6 heteroatoms. The first kappa shape index (κ1) is 36.8. The molecule has 0 N–H and O–H groups in total. The van der Waals surface area contributed by atoms with Crippen molar-refractivity contribution in [2.45, 2.75) is 13.8 Å². The molecule has 0 amide bonds. The monoisotopic (exact) mass is 798 g/mol. The Morgan fingerprint density at radius 1 is 0.371 bits per heavy atom. The van der Waals surface area contributed by atoms with E-state index in [4.69, 9.17) is 9.97 Å². The SMILES string of the molecule is Cc1cccc2c3ccccc3n(-c3ccc(C(=O)c4ccc(-c5nccnc5-c5ccc(C(=O)c6ccc(-n7c8ccccc8c8cccc(C)c87)cc6)cc5)cc4)cc3)c12. The second-order valence-electron chi connectivity index (χ2n) is 15.8. The molecule has 0 bridgehead atoms. The molecular weight excluding hydrogens is 761 g/mol. The molecule has 0 aliphatic carbocycles. The van der Waals surface area contributed by atoms with E-state index in [0.717, 1.165) is 33.5 Å². The predicted molar refractivity (Wildman–Crippen MR) is 251 cm³/mol. The van der Waals surface area contributed by atoms with E-state index in [-0.39, 0.29) is 11.6 Å². The molecular formula is C56H38N4O2. The molecule has 0 fully saturated rings. The highest BCUT2D eigenvalue weighted by Gasteiger charge is 2.18. The van der Waals surface area contributed by atoms with Gasteiger partial charge in [-0.2, -0.15) is 0 Å². The van der Waals surface area contributed by atoms with Gasteiger partial charge in [0.2, 0.25) is 0 Å². The fourth-order valence-electron chi connectivity index (χ4n) is 9.09. The van der Waals surface area contributed by atoms with E-state index in [9.17, 15) is 9.59 Å². The third kappa shape index (κ3) is 6.03. The minimum atomic E-state index is -0.0578. The number of benzene rings is 8. The van der Waals surface area contributed by atoms with Crippen LogP contribution in [0.5, 0.6) is 0 Å². The Kier molecular flexibility index (Phi) is 8.79. The Bertz CT molecular complexity index is 3300. The molecule has 0 saturated carbocycles. The lowest BCUT2D eigenvalue weighted by atomic mass is 9.97. The molecule has 11 aromatic rings. The minimum Gasteiger partial charge on any atom is -0.309 e. The van der Waals surface area contributed by atoms with Crippen LogP contribution in [0.4, 0.5) is 0 Å². The Hall–Kier alpha value is -8.22. The summed E-state index contributed by atoms with van der Waals surface area (Å²) in [5.74, 6) is -0.116. The Morgan fingerprint density at radius 2 is 0.710 bits per heavy atom. The van der Waals surface area contributed by atoms with Crippen LogP contribution in [0.15, 0.2) is 194 Å². The van der Waals surface area contributed by atoms with E-state index in [0.29, 0.717) is 33.6 Å². The molecule has 3 heterocycles. The molecule has 62 heavy (non-hydrogen) atoms. The summed E-state index contributed by atoms with van der Waals surface area (Å²) < 4.78 is 4.56. The van der Waals surface area contributed by atoms with Gasteiger partial charge in [0.1, 0.15) is 0 Å². The lowest BCUT2D eigenvalue weighted by molar-refractivity contribution is 0.103. The number of hydrogen-bond acceptors (Lipinski definition) is 4. The van der Waals surface area contributed by atoms with Gasteiger partial charge in [-0.15, -0.1) is 0 Å². The summed E-state index contributed by atoms with van der Waals surface area (Å²) in [5, 5.41) is 4.83. The molecule has 0 aliphatic heterocycles. The smallest absolute Gasteiger partial charge is 0.193 e. The maximum atomic E-state index is 13.8. The highest BCUT2D eigenvalue weighted by molar-refractivity contribution is 6.13. The molecule has 0 radical (unpaired) electrons. The van der Waals surface area contributed by atoms with Crippen LogP contribution in [0.25, 0.3) is 77.5 Å². The molecule has 0 aliphatic rings. The Labute approximate surface area is 358 Å². The molecule has 294 valence electrons. The van der Waals surface area contributed by atoms with Gasteiger partial charge >= 0.3 is 0 Å². The third-order valence-electron chi connectivity index (χ3n) is 12.1. The number of carbonyl (C=O) groups is 2. The quantitative estimate of drug-likeness (QED) is 0.144. The number of hydrogen-bond donors (Lipinski definition) is 0. The zero-order valence-corrected chi connectivity index (χ0v) is 34.1. The van der Waals surface area contributed by atoms with Gasteiger partial charge in [0.05, 0.1) is 33.5 Å². The first-order valence-electron chi connectivity index (χ1n) is 20.7. The van der Waals surface area contributed by atoms with Crippen LogP contribution < -0.4 is 0 Å². The summed E-state index contributed by atoms with van der Waals surface area (Å²) in [6, 6.07) is 60.4. The second kappa shape index (κ2) is 14.8. The number of rotatable bonds is 8. The van der Waals surface area contributed by atoms with Crippen LogP contribution in [0.3, 0.4) is 0 Å². The molecule has 0 atom stereocenters. The number of nitrogens with zero attached hydrogens (tertiary/aromatic N) is 4. The van der Waals surface area contributed by atoms with Gasteiger partial charge < -0.3 is 9.13 Å². The van der Waals surface area contributed by atoms with Crippen LogP contribution in [-0.2, 0) is 0 Å². The van der Waals surface area contributed by atoms with Crippen LogP contribution in [0.1, 0.15) is 43.0 Å². The van der Waals surface area contributed by atoms with Gasteiger partial charge in [-0.1, -0.05) is 121 Å². The van der Waals surface area contributed by atoms with Gasteiger partial charge in [0.15, 0.2) is 11.6 Å². The second-order valence-corrected chi connectivity index (χ2v) is 15.8. The van der Waals surface area contributed by atoms with Crippen molar-refractivity contribution in [3.8, 4) is 33.9 Å². The summed E-state index contributed by atoms with van der Waals surface area (Å²) in [5.41, 5.74) is 14.4. The van der Waals surface area contributed by atoms with E-state index in [1.807, 2.05) is 97.1 Å². The van der Waals surface area contributed by atoms with Crippen LogP contribution >= 0.6 is 0 Å². The molecule has 0 unspecified atom stereocenters. The first-order chi connectivity index (χ1) is 30.4. The fraction of sp³-hybridized carbons (Fsp3) is 0.0357. The molecule has 0 spiro atoms. The minimum absolute atomic E-state index is 0.0578. The number of carbonyl (C=O) groups excluding carboxylic acids is 2. The predicted octanol–water partition coefficient (Wildman–Crippen LogP) is 13.1. The van der Waals surface area contributed by atoms with Gasteiger partial charge in [0, 0.05) is 78.7 Å². The van der Waals surface area contributed by atoms with Gasteiger partial charge in [-0.05, 0) is 85.6 Å². The fourth-order valence-corrected chi connectivity index (χ4v) is 9.09. The zero-order valence-electron chi connectivity index (χ0n) is 34.1. The first-order valence-corrected chi connectivity index (χ1v) is 20.7. The number of fused-ring (bicyclic) bond motifs is 6. The van der Waals surface area contributed by atoms with Crippen LogP contribution in [0, 0.1) is 13.8 Å². The van der Waals surface area contributed by atoms with Gasteiger partial charge in [-0.3, -0.25) is 19.6 Å². The number of ketones is 2. The summed E-state index contributed by atoms with van der Waals surface area (Å²) in [6.45, 7) is 4.27. The standard InChI is InChI=1S/C56H38N4O2/c1-35-9-7-13-47-45-11-3-5-15-49(45)59(53(35)47)43-29-25-41(26-30-43)55(61)39-21-17-37(18-22-39)51-52(58-34-33-57-51)38-19-23-40(24-20-38)56(62)42-27-31-44(32-28-42)60-50-16-6-4-12-46(50)48-14-8-10-36(2)54(48)60/h3-34H,1-2H3. The van der Waals surface area contributed by atoms with E-state index in [2.05, 4.69) is 108 Å². The van der Waals surface area contributed by atoms with Crippen LogP contribution in [0.2, 0.25) is 0 Å². The number of aromatic nitrogens is 4. The summed E-state index contributed by atoms with van der Waals surface area (Å²) in [7, 11) is 0. The van der Waals surface area contributed by atoms with Crippen molar-refractivity contribution in [2.24, 2.45) is 0 Å². The van der Waals surface area contributed by atoms with Gasteiger partial charge in [-0.25, -0.2) is 0 Å². The zero-order chi connectivity index (χ0) is 41.9. The van der Waals surface area contributed by atoms with E-state index in [1.165, 1.54) is 43.7 Å². The van der Waals surface area contributed by atoms with Crippen molar-refractivity contribution < 1.29 is 9.59 Å². The number of para-hydroxylation sites is 4. The highest BCUT2D eigenvalue weighted by Crippen LogP contribution is 2.36. The summed E-state index contributed by atoms with van der Waals surface area (Å²) in [4.78, 5) is 36.9. The molecule has 3 aromatic heterocycles. The van der Waals surface area contributed by atoms with Crippen molar-refractivity contribution in [3.63, 3.8) is 0 Å². The molecule has 0 saturated heterocycles. The molecule has 11 rings (SSSR count). The largest absolute Gasteiger partial charge is 0.309 e. The topological polar surface area (TPSA) is 69.8 Å². The highest BCUT2D eigenvalue weighted by atomic mass is 16.1. The lowest BCUT2D eigenvalue weighted by Crippen LogP contribution is -2.03. The van der Waals surface area contributed by atoms with E-state index < -0.39 is 0 Å². The Morgan fingerprint density at radius 3 is 1.10 bits per heavy atom.